The van der Waals surface area contributed by atoms with Crippen LogP contribution >= 0.6 is 11.8 Å². The van der Waals surface area contributed by atoms with Crippen LogP contribution in [0.15, 0.2) is 35.5 Å². The molecule has 7 heteroatoms. The Bertz CT molecular complexity index is 769. The quantitative estimate of drug-likeness (QED) is 0.598. The Hall–Kier alpha value is -2.30. The highest BCUT2D eigenvalue weighted by Gasteiger charge is 2.25. The van der Waals surface area contributed by atoms with E-state index in [2.05, 4.69) is 50.5 Å². The van der Waals surface area contributed by atoms with Crippen LogP contribution in [0.1, 0.15) is 29.9 Å². The minimum atomic E-state index is -0.0126. The summed E-state index contributed by atoms with van der Waals surface area (Å²) < 4.78 is 0. The Labute approximate surface area is 158 Å². The molecular weight excluding hydrogens is 346 g/mol. The maximum Gasteiger partial charge on any atom is 0.191 e. The lowest BCUT2D eigenvalue weighted by molar-refractivity contribution is 0.311. The molecule has 2 aromatic rings. The van der Waals surface area contributed by atoms with Gasteiger partial charge < -0.3 is 15.3 Å². The van der Waals surface area contributed by atoms with Crippen molar-refractivity contribution in [3.05, 3.63) is 41.5 Å². The molecule has 0 amide bonds. The fourth-order valence-electron chi connectivity index (χ4n) is 3.30. The average Bonchev–Trinajstić information content (AvgIpc) is 2.72. The summed E-state index contributed by atoms with van der Waals surface area (Å²) in [5.41, 5.74) is 1.83. The van der Waals surface area contributed by atoms with E-state index >= 15 is 0 Å². The topological polar surface area (TPSA) is 85.1 Å². The lowest BCUT2D eigenvalue weighted by atomic mass is 9.89. The summed E-state index contributed by atoms with van der Waals surface area (Å²) in [7, 11) is 0. The second-order valence-corrected chi connectivity index (χ2v) is 6.97. The monoisotopic (exact) mass is 369 g/mol. The molecule has 136 valence electrons. The number of hydrogen-bond acceptors (Lipinski definition) is 7. The van der Waals surface area contributed by atoms with Crippen molar-refractivity contribution in [2.45, 2.75) is 23.9 Å². The highest BCUT2D eigenvalue weighted by molar-refractivity contribution is 7.98. The highest BCUT2D eigenvalue weighted by atomic mass is 32.2. The predicted molar refractivity (Wildman–Crippen MR) is 105 cm³/mol. The Kier molecular flexibility index (Phi) is 6.31. The van der Waals surface area contributed by atoms with E-state index in [1.54, 1.807) is 0 Å². The molecular formula is C19H23N5OS. The van der Waals surface area contributed by atoms with Gasteiger partial charge in [-0.05, 0) is 30.6 Å². The molecule has 26 heavy (non-hydrogen) atoms. The summed E-state index contributed by atoms with van der Waals surface area (Å²) in [5.74, 6) is 1.74. The first-order valence-electron chi connectivity index (χ1n) is 8.77. The van der Waals surface area contributed by atoms with Gasteiger partial charge in [0.2, 0.25) is 0 Å². The maximum absolute atomic E-state index is 9.66. The van der Waals surface area contributed by atoms with Crippen LogP contribution in [0.4, 0.5) is 11.6 Å². The third-order valence-electron chi connectivity index (χ3n) is 4.63. The molecule has 1 aliphatic heterocycles. The summed E-state index contributed by atoms with van der Waals surface area (Å²) in [6.45, 7) is 2.06. The summed E-state index contributed by atoms with van der Waals surface area (Å²) in [6.07, 6.45) is 3.99. The number of nitriles is 1. The number of benzene rings is 1. The van der Waals surface area contributed by atoms with Crippen molar-refractivity contribution in [2.24, 2.45) is 0 Å². The van der Waals surface area contributed by atoms with Gasteiger partial charge in [-0.2, -0.15) is 5.26 Å². The summed E-state index contributed by atoms with van der Waals surface area (Å²) in [5, 5.41) is 22.4. The first kappa shape index (κ1) is 18.5. The van der Waals surface area contributed by atoms with E-state index < -0.39 is 0 Å². The van der Waals surface area contributed by atoms with E-state index in [1.807, 2.05) is 12.3 Å². The van der Waals surface area contributed by atoms with Crippen LogP contribution in [0.5, 0.6) is 0 Å². The van der Waals surface area contributed by atoms with Gasteiger partial charge in [-0.25, -0.2) is 9.97 Å². The second kappa shape index (κ2) is 8.88. The zero-order valence-electron chi connectivity index (χ0n) is 14.9. The van der Waals surface area contributed by atoms with Crippen LogP contribution in [-0.4, -0.2) is 47.6 Å². The van der Waals surface area contributed by atoms with Crippen LogP contribution in [-0.2, 0) is 0 Å². The molecule has 1 fully saturated rings. The van der Waals surface area contributed by atoms with Crippen LogP contribution in [0.3, 0.4) is 0 Å². The fourth-order valence-corrected chi connectivity index (χ4v) is 3.66. The number of aromatic nitrogens is 2. The fraction of sp³-hybridized carbons (Fsp3) is 0.421. The number of thioether (sulfide) groups is 1. The van der Waals surface area contributed by atoms with Crippen molar-refractivity contribution >= 4 is 23.4 Å². The Balaban J connectivity index is 1.82. The molecule has 0 saturated carbocycles. The van der Waals surface area contributed by atoms with Gasteiger partial charge in [-0.15, -0.1) is 0 Å². The Morgan fingerprint density at radius 1 is 1.27 bits per heavy atom. The van der Waals surface area contributed by atoms with Gasteiger partial charge in [0.15, 0.2) is 16.8 Å². The molecule has 1 aromatic carbocycles. The number of anilines is 2. The largest absolute Gasteiger partial charge is 0.395 e. The number of nitrogens with zero attached hydrogens (tertiary/aromatic N) is 4. The van der Waals surface area contributed by atoms with Crippen molar-refractivity contribution in [3.8, 4) is 6.07 Å². The average molecular weight is 369 g/mol. The number of aliphatic hydroxyl groups excluding tert-OH is 1. The van der Waals surface area contributed by atoms with E-state index in [0.29, 0.717) is 34.8 Å². The van der Waals surface area contributed by atoms with Crippen molar-refractivity contribution in [3.63, 3.8) is 0 Å². The third kappa shape index (κ3) is 4.09. The Morgan fingerprint density at radius 2 is 2.00 bits per heavy atom. The van der Waals surface area contributed by atoms with Gasteiger partial charge in [0.25, 0.3) is 0 Å². The van der Waals surface area contributed by atoms with E-state index in [0.717, 1.165) is 25.9 Å². The van der Waals surface area contributed by atoms with Crippen LogP contribution < -0.4 is 10.2 Å². The van der Waals surface area contributed by atoms with Gasteiger partial charge in [-0.1, -0.05) is 42.1 Å². The van der Waals surface area contributed by atoms with Gasteiger partial charge in [0.1, 0.15) is 11.6 Å². The van der Waals surface area contributed by atoms with E-state index in [-0.39, 0.29) is 6.61 Å². The van der Waals surface area contributed by atoms with Gasteiger partial charge >= 0.3 is 0 Å². The smallest absolute Gasteiger partial charge is 0.191 e. The predicted octanol–water partition coefficient (Wildman–Crippen LogP) is 2.86. The molecule has 0 spiro atoms. The molecule has 1 aliphatic rings. The van der Waals surface area contributed by atoms with Crippen molar-refractivity contribution in [1.29, 1.82) is 5.26 Å². The number of hydrogen-bond donors (Lipinski definition) is 2. The number of aliphatic hydroxyl groups is 1. The molecule has 1 saturated heterocycles. The maximum atomic E-state index is 9.66. The Morgan fingerprint density at radius 3 is 2.62 bits per heavy atom. The van der Waals surface area contributed by atoms with Gasteiger partial charge in [0, 0.05) is 19.6 Å². The molecule has 0 unspecified atom stereocenters. The SMILES string of the molecule is CSc1nc(NCCO)c(C#N)c(N2CCC(c3ccccc3)CC2)n1. The van der Waals surface area contributed by atoms with E-state index in [4.69, 9.17) is 5.11 Å². The van der Waals surface area contributed by atoms with Crippen LogP contribution in [0, 0.1) is 11.3 Å². The highest BCUT2D eigenvalue weighted by Crippen LogP contribution is 2.33. The third-order valence-corrected chi connectivity index (χ3v) is 5.18. The van der Waals surface area contributed by atoms with E-state index in [9.17, 15) is 5.26 Å². The van der Waals surface area contributed by atoms with Crippen LogP contribution in [0.25, 0.3) is 0 Å². The molecule has 2 N–H and O–H groups in total. The zero-order valence-corrected chi connectivity index (χ0v) is 15.7. The van der Waals surface area contributed by atoms with Crippen molar-refractivity contribution in [2.75, 3.05) is 42.7 Å². The molecule has 3 rings (SSSR count). The summed E-state index contributed by atoms with van der Waals surface area (Å²) >= 11 is 1.45. The van der Waals surface area contributed by atoms with Crippen LogP contribution in [0.2, 0.25) is 0 Å². The van der Waals surface area contributed by atoms with Crippen molar-refractivity contribution < 1.29 is 5.11 Å². The second-order valence-electron chi connectivity index (χ2n) is 6.19. The van der Waals surface area contributed by atoms with Gasteiger partial charge in [-0.3, -0.25) is 0 Å². The summed E-state index contributed by atoms with van der Waals surface area (Å²) in [6, 6.07) is 12.8. The minimum Gasteiger partial charge on any atom is -0.395 e. The normalized spacial score (nSPS) is 14.9. The molecule has 1 aromatic heterocycles. The molecule has 0 aliphatic carbocycles. The number of rotatable bonds is 6. The molecule has 6 nitrogen and oxygen atoms in total. The molecule has 0 bridgehead atoms. The van der Waals surface area contributed by atoms with Crippen molar-refractivity contribution in [1.82, 2.24) is 9.97 Å². The summed E-state index contributed by atoms with van der Waals surface area (Å²) in [4.78, 5) is 11.2. The lowest BCUT2D eigenvalue weighted by Gasteiger charge is -2.33. The number of piperidine rings is 1. The molecule has 2 heterocycles. The van der Waals surface area contributed by atoms with E-state index in [1.165, 1.54) is 17.3 Å². The lowest BCUT2D eigenvalue weighted by Crippen LogP contribution is -2.34. The molecule has 0 atom stereocenters. The number of nitrogens with one attached hydrogen (secondary N) is 1. The molecule has 0 radical (unpaired) electrons. The first-order chi connectivity index (χ1) is 12.8. The van der Waals surface area contributed by atoms with Gasteiger partial charge in [0.05, 0.1) is 6.61 Å². The zero-order chi connectivity index (χ0) is 18.4. The first-order valence-corrected chi connectivity index (χ1v) is 10.00. The standard InChI is InChI=1S/C19H23N5OS/c1-26-19-22-17(21-9-12-25)16(13-20)18(23-19)24-10-7-15(8-11-24)14-5-3-2-4-6-14/h2-6,15,25H,7-12H2,1H3,(H,21,22,23). The minimum absolute atomic E-state index is 0.0126.